The number of aromatic nitrogens is 2. The summed E-state index contributed by atoms with van der Waals surface area (Å²) in [6.07, 6.45) is 7.28. The van der Waals surface area contributed by atoms with E-state index in [4.69, 9.17) is 11.5 Å². The fraction of sp³-hybridized carbons (Fsp3) is 0.600. The van der Waals surface area contributed by atoms with Gasteiger partial charge in [0.2, 0.25) is 5.91 Å². The van der Waals surface area contributed by atoms with E-state index in [-0.39, 0.29) is 23.6 Å². The van der Waals surface area contributed by atoms with E-state index in [1.807, 2.05) is 0 Å². The second kappa shape index (κ2) is 7.84. The standard InChI is InChI=1S/C15H23N5O2/c16-6-5-14(22)20-11-3-1-10(2-4-11)7-13(21)12-8-18-9-19-15(12)17/h8-11H,1-7,16H2,(H,20,22)(H2,17,18,19). The first-order valence-electron chi connectivity index (χ1n) is 7.68. The third kappa shape index (κ3) is 4.49. The molecule has 1 aliphatic rings. The average molecular weight is 305 g/mol. The zero-order valence-electron chi connectivity index (χ0n) is 12.6. The second-order valence-corrected chi connectivity index (χ2v) is 5.77. The summed E-state index contributed by atoms with van der Waals surface area (Å²) in [5, 5.41) is 2.99. The topological polar surface area (TPSA) is 124 Å². The summed E-state index contributed by atoms with van der Waals surface area (Å²) in [6.45, 7) is 0.371. The highest BCUT2D eigenvalue weighted by atomic mass is 16.1. The Bertz CT molecular complexity index is 526. The molecule has 5 N–H and O–H groups in total. The lowest BCUT2D eigenvalue weighted by molar-refractivity contribution is -0.121. The third-order valence-corrected chi connectivity index (χ3v) is 4.10. The number of rotatable bonds is 6. The van der Waals surface area contributed by atoms with E-state index < -0.39 is 0 Å². The summed E-state index contributed by atoms with van der Waals surface area (Å²) < 4.78 is 0. The minimum absolute atomic E-state index is 0.00582. The summed E-state index contributed by atoms with van der Waals surface area (Å²) in [4.78, 5) is 31.5. The van der Waals surface area contributed by atoms with Gasteiger partial charge < -0.3 is 16.8 Å². The molecule has 1 aromatic rings. The normalized spacial score (nSPS) is 21.3. The molecule has 1 fully saturated rings. The third-order valence-electron chi connectivity index (χ3n) is 4.10. The minimum Gasteiger partial charge on any atom is -0.383 e. The Morgan fingerprint density at radius 2 is 2.00 bits per heavy atom. The maximum atomic E-state index is 12.2. The summed E-state index contributed by atoms with van der Waals surface area (Å²) in [5.41, 5.74) is 11.5. The van der Waals surface area contributed by atoms with Crippen LogP contribution in [0.5, 0.6) is 0 Å². The van der Waals surface area contributed by atoms with Gasteiger partial charge in [0.15, 0.2) is 5.78 Å². The molecule has 1 amide bonds. The van der Waals surface area contributed by atoms with Gasteiger partial charge in [0.05, 0.1) is 5.56 Å². The molecule has 120 valence electrons. The lowest BCUT2D eigenvalue weighted by atomic mass is 9.82. The number of nitrogens with one attached hydrogen (secondary N) is 1. The maximum Gasteiger partial charge on any atom is 0.221 e. The van der Waals surface area contributed by atoms with E-state index in [1.165, 1.54) is 12.5 Å². The van der Waals surface area contributed by atoms with Crippen molar-refractivity contribution in [3.05, 3.63) is 18.1 Å². The van der Waals surface area contributed by atoms with Gasteiger partial charge in [-0.2, -0.15) is 0 Å². The van der Waals surface area contributed by atoms with Gasteiger partial charge in [0, 0.05) is 31.6 Å². The van der Waals surface area contributed by atoms with Crippen LogP contribution in [0.15, 0.2) is 12.5 Å². The van der Waals surface area contributed by atoms with Crippen molar-refractivity contribution in [2.75, 3.05) is 12.3 Å². The van der Waals surface area contributed by atoms with Crippen molar-refractivity contribution in [2.45, 2.75) is 44.6 Å². The number of Topliss-reactive ketones (excluding diaryl/α,β-unsaturated/α-hetero) is 1. The van der Waals surface area contributed by atoms with E-state index in [2.05, 4.69) is 15.3 Å². The molecule has 0 unspecified atom stereocenters. The SMILES string of the molecule is NCCC(=O)NC1CCC(CC(=O)c2cncnc2N)CC1. The van der Waals surface area contributed by atoms with Crippen molar-refractivity contribution in [3.8, 4) is 0 Å². The molecular formula is C15H23N5O2. The molecular weight excluding hydrogens is 282 g/mol. The highest BCUT2D eigenvalue weighted by Crippen LogP contribution is 2.28. The Hall–Kier alpha value is -2.02. The number of nitrogens with zero attached hydrogens (tertiary/aromatic N) is 2. The number of carbonyl (C=O) groups excluding carboxylic acids is 2. The van der Waals surface area contributed by atoms with Crippen LogP contribution < -0.4 is 16.8 Å². The van der Waals surface area contributed by atoms with Gasteiger partial charge in [-0.05, 0) is 31.6 Å². The van der Waals surface area contributed by atoms with Crippen molar-refractivity contribution < 1.29 is 9.59 Å². The lowest BCUT2D eigenvalue weighted by Crippen LogP contribution is -2.38. The number of nitrogens with two attached hydrogens (primary N) is 2. The number of carbonyl (C=O) groups is 2. The number of anilines is 1. The number of ketones is 1. The van der Waals surface area contributed by atoms with Gasteiger partial charge in [0.25, 0.3) is 0 Å². The Labute approximate surface area is 129 Å². The van der Waals surface area contributed by atoms with Crippen LogP contribution in [0, 0.1) is 5.92 Å². The number of nitrogen functional groups attached to an aromatic ring is 1. The van der Waals surface area contributed by atoms with E-state index in [0.29, 0.717) is 30.9 Å². The fourth-order valence-electron chi connectivity index (χ4n) is 2.87. The van der Waals surface area contributed by atoms with Gasteiger partial charge in [-0.1, -0.05) is 0 Å². The number of amides is 1. The van der Waals surface area contributed by atoms with Gasteiger partial charge in [-0.15, -0.1) is 0 Å². The molecule has 1 heterocycles. The van der Waals surface area contributed by atoms with Crippen molar-refractivity contribution in [1.29, 1.82) is 0 Å². The molecule has 0 aliphatic heterocycles. The smallest absolute Gasteiger partial charge is 0.221 e. The van der Waals surface area contributed by atoms with Crippen molar-refractivity contribution in [1.82, 2.24) is 15.3 Å². The predicted molar refractivity (Wildman–Crippen MR) is 83.0 cm³/mol. The average Bonchev–Trinajstić information content (AvgIpc) is 2.50. The van der Waals surface area contributed by atoms with Crippen LogP contribution in [0.25, 0.3) is 0 Å². The minimum atomic E-state index is -0.00582. The Morgan fingerprint density at radius 3 is 2.64 bits per heavy atom. The van der Waals surface area contributed by atoms with E-state index in [9.17, 15) is 9.59 Å². The molecule has 22 heavy (non-hydrogen) atoms. The van der Waals surface area contributed by atoms with Crippen molar-refractivity contribution in [3.63, 3.8) is 0 Å². The lowest BCUT2D eigenvalue weighted by Gasteiger charge is -2.28. The molecule has 0 bridgehead atoms. The summed E-state index contributed by atoms with van der Waals surface area (Å²) in [5.74, 6) is 0.572. The zero-order valence-corrected chi connectivity index (χ0v) is 12.6. The van der Waals surface area contributed by atoms with E-state index >= 15 is 0 Å². The molecule has 1 saturated carbocycles. The molecule has 0 spiro atoms. The van der Waals surface area contributed by atoms with Crippen molar-refractivity contribution >= 4 is 17.5 Å². The fourth-order valence-corrected chi connectivity index (χ4v) is 2.87. The molecule has 0 radical (unpaired) electrons. The molecule has 0 saturated heterocycles. The van der Waals surface area contributed by atoms with Crippen LogP contribution in [-0.2, 0) is 4.79 Å². The second-order valence-electron chi connectivity index (χ2n) is 5.77. The Morgan fingerprint density at radius 1 is 1.27 bits per heavy atom. The molecule has 1 aromatic heterocycles. The molecule has 2 rings (SSSR count). The molecule has 0 atom stereocenters. The van der Waals surface area contributed by atoms with E-state index in [0.717, 1.165) is 25.7 Å². The molecule has 0 aromatic carbocycles. The first-order valence-corrected chi connectivity index (χ1v) is 7.68. The van der Waals surface area contributed by atoms with E-state index in [1.54, 1.807) is 0 Å². The Kier molecular flexibility index (Phi) is 5.83. The molecule has 7 nitrogen and oxygen atoms in total. The first-order chi connectivity index (χ1) is 10.6. The summed E-state index contributed by atoms with van der Waals surface area (Å²) >= 11 is 0. The molecule has 7 heteroatoms. The highest BCUT2D eigenvalue weighted by Gasteiger charge is 2.25. The van der Waals surface area contributed by atoms with Gasteiger partial charge in [0.1, 0.15) is 12.1 Å². The highest BCUT2D eigenvalue weighted by molar-refractivity contribution is 5.99. The summed E-state index contributed by atoms with van der Waals surface area (Å²) in [6, 6.07) is 0.204. The van der Waals surface area contributed by atoms with Gasteiger partial charge in [-0.25, -0.2) is 9.97 Å². The van der Waals surface area contributed by atoms with Gasteiger partial charge in [-0.3, -0.25) is 9.59 Å². The van der Waals surface area contributed by atoms with Crippen LogP contribution in [0.4, 0.5) is 5.82 Å². The first kappa shape index (κ1) is 16.4. The number of hydrogen-bond donors (Lipinski definition) is 3. The Balaban J connectivity index is 1.79. The van der Waals surface area contributed by atoms with Crippen LogP contribution in [0.2, 0.25) is 0 Å². The predicted octanol–water partition coefficient (Wildman–Crippen LogP) is 0.655. The summed E-state index contributed by atoms with van der Waals surface area (Å²) in [7, 11) is 0. The van der Waals surface area contributed by atoms with Crippen LogP contribution >= 0.6 is 0 Å². The maximum absolute atomic E-state index is 12.2. The van der Waals surface area contributed by atoms with Crippen molar-refractivity contribution in [2.24, 2.45) is 11.7 Å². The van der Waals surface area contributed by atoms with Crippen LogP contribution in [0.1, 0.15) is 48.9 Å². The quantitative estimate of drug-likeness (QED) is 0.663. The largest absolute Gasteiger partial charge is 0.383 e. The zero-order chi connectivity index (χ0) is 15.9. The monoisotopic (exact) mass is 305 g/mol. The number of hydrogen-bond acceptors (Lipinski definition) is 6. The van der Waals surface area contributed by atoms with Crippen LogP contribution in [0.3, 0.4) is 0 Å². The van der Waals surface area contributed by atoms with Crippen LogP contribution in [-0.4, -0.2) is 34.2 Å². The molecule has 1 aliphatic carbocycles. The van der Waals surface area contributed by atoms with Gasteiger partial charge >= 0.3 is 0 Å².